The predicted octanol–water partition coefficient (Wildman–Crippen LogP) is 1.28. The molecule has 0 aliphatic rings. The fourth-order valence-electron chi connectivity index (χ4n) is 0.921. The molecule has 0 atom stereocenters. The van der Waals surface area contributed by atoms with E-state index in [0.29, 0.717) is 0 Å². The number of hydrogen-bond acceptors (Lipinski definition) is 3. The van der Waals surface area contributed by atoms with Crippen LogP contribution in [-0.4, -0.2) is 10.2 Å². The van der Waals surface area contributed by atoms with Crippen LogP contribution in [0.3, 0.4) is 0 Å². The van der Waals surface area contributed by atoms with E-state index < -0.39 is 25.2 Å². The van der Waals surface area contributed by atoms with E-state index in [1.54, 1.807) is 0 Å². The molecule has 0 radical (unpaired) electrons. The summed E-state index contributed by atoms with van der Waals surface area (Å²) < 4.78 is 40.6. The Bertz CT molecular complexity index is 290. The highest BCUT2D eigenvalue weighted by molar-refractivity contribution is 5.22. The molecule has 0 aromatic carbocycles. The Balaban J connectivity index is 3.11. The van der Waals surface area contributed by atoms with Crippen molar-refractivity contribution in [2.75, 3.05) is 0 Å². The maximum absolute atomic E-state index is 12.1. The van der Waals surface area contributed by atoms with E-state index in [2.05, 4.69) is 4.42 Å². The highest BCUT2D eigenvalue weighted by Crippen LogP contribution is 2.34. The first-order chi connectivity index (χ1) is 5.99. The van der Waals surface area contributed by atoms with Gasteiger partial charge in [0.25, 0.3) is 0 Å². The smallest absolute Gasteiger partial charge is 0.449 e. The average molecular weight is 196 g/mol. The third-order valence-corrected chi connectivity index (χ3v) is 1.44. The Kier molecular flexibility index (Phi) is 2.63. The predicted molar refractivity (Wildman–Crippen MR) is 35.6 cm³/mol. The van der Waals surface area contributed by atoms with E-state index in [9.17, 15) is 13.2 Å². The summed E-state index contributed by atoms with van der Waals surface area (Å²) in [7, 11) is 0. The van der Waals surface area contributed by atoms with Gasteiger partial charge in [0, 0.05) is 5.56 Å². The zero-order valence-electron chi connectivity index (χ0n) is 6.43. The molecule has 0 aliphatic heterocycles. The Hall–Kier alpha value is -1.01. The van der Waals surface area contributed by atoms with Crippen molar-refractivity contribution in [3.8, 4) is 0 Å². The maximum Gasteiger partial charge on any atom is 0.449 e. The normalized spacial score (nSPS) is 12.1. The van der Waals surface area contributed by atoms with Gasteiger partial charge in [-0.15, -0.1) is 0 Å². The van der Waals surface area contributed by atoms with Crippen molar-refractivity contribution in [3.05, 3.63) is 23.2 Å². The van der Waals surface area contributed by atoms with Crippen LogP contribution in [0.5, 0.6) is 0 Å². The molecular weight excluding hydrogens is 189 g/mol. The van der Waals surface area contributed by atoms with Crippen LogP contribution in [0.25, 0.3) is 0 Å². The number of rotatable bonds is 2. The van der Waals surface area contributed by atoms with Crippen molar-refractivity contribution in [3.63, 3.8) is 0 Å². The molecule has 74 valence electrons. The van der Waals surface area contributed by atoms with Gasteiger partial charge in [-0.1, -0.05) is 0 Å². The van der Waals surface area contributed by atoms with Gasteiger partial charge in [0.05, 0.1) is 6.61 Å². The average Bonchev–Trinajstić information content (AvgIpc) is 2.46. The molecule has 1 rings (SSSR count). The van der Waals surface area contributed by atoms with Crippen LogP contribution in [0.1, 0.15) is 17.1 Å². The van der Waals surface area contributed by atoms with Gasteiger partial charge in [0.15, 0.2) is 0 Å². The van der Waals surface area contributed by atoms with Crippen LogP contribution in [0.4, 0.5) is 13.2 Å². The highest BCUT2D eigenvalue weighted by Gasteiger charge is 2.37. The van der Waals surface area contributed by atoms with Crippen LogP contribution in [0.15, 0.2) is 10.5 Å². The molecule has 0 saturated carbocycles. The minimum atomic E-state index is -4.63. The van der Waals surface area contributed by atoms with Gasteiger partial charge in [0.1, 0.15) is 12.4 Å². The standard InChI is InChI=1S/C7H7F3O3/c8-7(9,10)6-4(2-11)1-5(3-12)13-6/h1,11-12H,2-3H2. The topological polar surface area (TPSA) is 53.6 Å². The molecule has 0 amide bonds. The lowest BCUT2D eigenvalue weighted by Crippen LogP contribution is -2.06. The molecule has 0 spiro atoms. The van der Waals surface area contributed by atoms with Crippen LogP contribution in [0.2, 0.25) is 0 Å². The van der Waals surface area contributed by atoms with E-state index in [1.807, 2.05) is 0 Å². The van der Waals surface area contributed by atoms with Crippen molar-refractivity contribution >= 4 is 0 Å². The quantitative estimate of drug-likeness (QED) is 0.749. The van der Waals surface area contributed by atoms with E-state index in [0.717, 1.165) is 6.07 Å². The summed E-state index contributed by atoms with van der Waals surface area (Å²) in [5.74, 6) is -1.46. The van der Waals surface area contributed by atoms with E-state index in [1.165, 1.54) is 0 Å². The molecule has 1 aromatic rings. The zero-order valence-corrected chi connectivity index (χ0v) is 6.43. The number of aliphatic hydroxyl groups excluding tert-OH is 2. The minimum absolute atomic E-state index is 0.212. The van der Waals surface area contributed by atoms with E-state index in [4.69, 9.17) is 10.2 Å². The zero-order chi connectivity index (χ0) is 10.1. The van der Waals surface area contributed by atoms with E-state index >= 15 is 0 Å². The lowest BCUT2D eigenvalue weighted by molar-refractivity contribution is -0.154. The van der Waals surface area contributed by atoms with Gasteiger partial charge < -0.3 is 14.6 Å². The second-order valence-corrected chi connectivity index (χ2v) is 2.38. The second kappa shape index (κ2) is 3.39. The molecule has 1 aromatic heterocycles. The number of furan rings is 1. The molecule has 0 fully saturated rings. The van der Waals surface area contributed by atoms with Gasteiger partial charge in [-0.05, 0) is 6.07 Å². The summed E-state index contributed by atoms with van der Waals surface area (Å²) in [6, 6.07) is 0.975. The van der Waals surface area contributed by atoms with E-state index in [-0.39, 0.29) is 11.3 Å². The monoisotopic (exact) mass is 196 g/mol. The fraction of sp³-hybridized carbons (Fsp3) is 0.429. The first-order valence-electron chi connectivity index (χ1n) is 3.39. The molecule has 6 heteroatoms. The van der Waals surface area contributed by atoms with Crippen LogP contribution in [0, 0.1) is 0 Å². The van der Waals surface area contributed by atoms with Gasteiger partial charge in [-0.25, -0.2) is 0 Å². The number of alkyl halides is 3. The lowest BCUT2D eigenvalue weighted by atomic mass is 10.2. The summed E-state index contributed by atoms with van der Waals surface area (Å²) in [5.41, 5.74) is -0.364. The Labute approximate surface area is 71.4 Å². The largest absolute Gasteiger partial charge is 0.454 e. The van der Waals surface area contributed by atoms with Gasteiger partial charge in [-0.3, -0.25) is 0 Å². The van der Waals surface area contributed by atoms with Gasteiger partial charge >= 0.3 is 6.18 Å². The Morgan fingerprint density at radius 2 is 1.85 bits per heavy atom. The Morgan fingerprint density at radius 3 is 2.15 bits per heavy atom. The fourth-order valence-corrected chi connectivity index (χ4v) is 0.921. The lowest BCUT2D eigenvalue weighted by Gasteiger charge is -2.03. The van der Waals surface area contributed by atoms with Crippen LogP contribution < -0.4 is 0 Å². The molecular formula is C7H7F3O3. The number of aliphatic hydroxyl groups is 2. The molecule has 13 heavy (non-hydrogen) atoms. The number of hydrogen-bond donors (Lipinski definition) is 2. The van der Waals surface area contributed by atoms with Gasteiger partial charge in [-0.2, -0.15) is 13.2 Å². The third kappa shape index (κ3) is 2.02. The summed E-state index contributed by atoms with van der Waals surface area (Å²) in [6.45, 7) is -1.39. The van der Waals surface area contributed by atoms with Crippen molar-refractivity contribution < 1.29 is 27.8 Å². The summed E-state index contributed by atoms with van der Waals surface area (Å²) >= 11 is 0. The second-order valence-electron chi connectivity index (χ2n) is 2.38. The van der Waals surface area contributed by atoms with Crippen molar-refractivity contribution in [1.29, 1.82) is 0 Å². The molecule has 2 N–H and O–H groups in total. The number of halogens is 3. The van der Waals surface area contributed by atoms with Gasteiger partial charge in [0.2, 0.25) is 5.76 Å². The Morgan fingerprint density at radius 1 is 1.23 bits per heavy atom. The molecule has 0 bridgehead atoms. The van der Waals surface area contributed by atoms with Crippen LogP contribution in [-0.2, 0) is 19.4 Å². The van der Waals surface area contributed by atoms with Crippen molar-refractivity contribution in [1.82, 2.24) is 0 Å². The van der Waals surface area contributed by atoms with Crippen molar-refractivity contribution in [2.24, 2.45) is 0 Å². The molecule has 1 heterocycles. The molecule has 0 saturated heterocycles. The molecule has 3 nitrogen and oxygen atoms in total. The molecule has 0 unspecified atom stereocenters. The highest BCUT2D eigenvalue weighted by atomic mass is 19.4. The maximum atomic E-state index is 12.1. The summed E-state index contributed by atoms with van der Waals surface area (Å²) in [6.07, 6.45) is -4.63. The summed E-state index contributed by atoms with van der Waals surface area (Å²) in [5, 5.41) is 17.0. The first kappa shape index (κ1) is 10.1. The minimum Gasteiger partial charge on any atom is -0.454 e. The van der Waals surface area contributed by atoms with Crippen molar-refractivity contribution in [2.45, 2.75) is 19.4 Å². The first-order valence-corrected chi connectivity index (χ1v) is 3.39. The summed E-state index contributed by atoms with van der Waals surface area (Å²) in [4.78, 5) is 0. The molecule has 0 aliphatic carbocycles. The third-order valence-electron chi connectivity index (χ3n) is 1.44. The van der Waals surface area contributed by atoms with Crippen LogP contribution >= 0.6 is 0 Å². The SMILES string of the molecule is OCc1cc(CO)c(C(F)(F)F)o1.